The molecular weight excluding hydrogens is 356 g/mol. The van der Waals surface area contributed by atoms with Crippen molar-refractivity contribution in [2.45, 2.75) is 43.7 Å². The molecule has 0 aliphatic carbocycles. The Bertz CT molecular complexity index is 1000. The van der Waals surface area contributed by atoms with Gasteiger partial charge < -0.3 is 10.1 Å². The molecule has 1 atom stereocenters. The van der Waals surface area contributed by atoms with E-state index in [9.17, 15) is 4.79 Å². The van der Waals surface area contributed by atoms with E-state index >= 15 is 0 Å². The van der Waals surface area contributed by atoms with Gasteiger partial charge in [0.25, 0.3) is 0 Å². The minimum atomic E-state index is -0.561. The van der Waals surface area contributed by atoms with Crippen LogP contribution in [0.4, 0.5) is 4.79 Å². The first-order chi connectivity index (χ1) is 12.8. The largest absolute Gasteiger partial charge is 0.443 e. The number of thiol groups is 1. The summed E-state index contributed by atoms with van der Waals surface area (Å²) in [6.07, 6.45) is 0.521. The van der Waals surface area contributed by atoms with Gasteiger partial charge in [0.15, 0.2) is 0 Å². The van der Waals surface area contributed by atoms with Crippen LogP contribution in [-0.4, -0.2) is 22.8 Å². The Morgan fingerprint density at radius 3 is 2.63 bits per heavy atom. The molecule has 0 saturated carbocycles. The Balaban J connectivity index is 1.97. The molecule has 1 aliphatic heterocycles. The van der Waals surface area contributed by atoms with Crippen LogP contribution < -0.4 is 5.32 Å². The van der Waals surface area contributed by atoms with E-state index in [4.69, 9.17) is 4.74 Å². The monoisotopic (exact) mass is 380 g/mol. The summed E-state index contributed by atoms with van der Waals surface area (Å²) in [6, 6.07) is 16.1. The highest BCUT2D eigenvalue weighted by atomic mass is 32.1. The summed E-state index contributed by atoms with van der Waals surface area (Å²) in [5.41, 5.74) is 3.61. The molecule has 140 valence electrons. The first-order valence-electron chi connectivity index (χ1n) is 9.23. The van der Waals surface area contributed by atoms with Gasteiger partial charge in [0.2, 0.25) is 0 Å². The van der Waals surface area contributed by atoms with E-state index in [0.717, 1.165) is 40.0 Å². The van der Waals surface area contributed by atoms with Crippen LogP contribution in [-0.2, 0) is 11.2 Å². The fourth-order valence-electron chi connectivity index (χ4n) is 3.79. The molecule has 0 fully saturated rings. The predicted octanol–water partition coefficient (Wildman–Crippen LogP) is 4.95. The summed E-state index contributed by atoms with van der Waals surface area (Å²) >= 11 is 4.51. The van der Waals surface area contributed by atoms with E-state index in [1.165, 1.54) is 5.56 Å². The van der Waals surface area contributed by atoms with Gasteiger partial charge in [-0.15, -0.1) is 12.6 Å². The van der Waals surface area contributed by atoms with Crippen molar-refractivity contribution in [2.75, 3.05) is 6.54 Å². The van der Waals surface area contributed by atoms with E-state index in [-0.39, 0.29) is 12.1 Å². The molecule has 2 heterocycles. The molecule has 4 rings (SSSR count). The van der Waals surface area contributed by atoms with E-state index in [1.54, 1.807) is 4.57 Å². The summed E-state index contributed by atoms with van der Waals surface area (Å²) < 4.78 is 7.49. The summed E-state index contributed by atoms with van der Waals surface area (Å²) in [6.45, 7) is 6.53. The molecule has 1 unspecified atom stereocenters. The number of carbonyl (C=O) groups is 1. The fourth-order valence-corrected chi connectivity index (χ4v) is 4.00. The third-order valence-electron chi connectivity index (χ3n) is 4.80. The lowest BCUT2D eigenvalue weighted by Gasteiger charge is -2.28. The van der Waals surface area contributed by atoms with E-state index in [1.807, 2.05) is 57.2 Å². The number of hydrogen-bond acceptors (Lipinski definition) is 4. The lowest BCUT2D eigenvalue weighted by Crippen LogP contribution is -2.35. The maximum atomic E-state index is 13.2. The number of nitrogens with one attached hydrogen (secondary N) is 1. The van der Waals surface area contributed by atoms with Crippen molar-refractivity contribution >= 4 is 29.6 Å². The van der Waals surface area contributed by atoms with Gasteiger partial charge in [-0.05, 0) is 56.5 Å². The molecule has 3 aromatic rings. The molecule has 5 heteroatoms. The number of benzene rings is 2. The van der Waals surface area contributed by atoms with Crippen molar-refractivity contribution in [1.29, 1.82) is 0 Å². The van der Waals surface area contributed by atoms with E-state index in [2.05, 4.69) is 30.1 Å². The van der Waals surface area contributed by atoms with Crippen molar-refractivity contribution in [2.24, 2.45) is 0 Å². The predicted molar refractivity (Wildman–Crippen MR) is 111 cm³/mol. The summed E-state index contributed by atoms with van der Waals surface area (Å²) in [5.74, 6) is 0. The highest BCUT2D eigenvalue weighted by molar-refractivity contribution is 7.80. The molecule has 0 bridgehead atoms. The van der Waals surface area contributed by atoms with E-state index in [0.29, 0.717) is 0 Å². The number of rotatable bonds is 1. The number of hydrogen-bond donors (Lipinski definition) is 2. The van der Waals surface area contributed by atoms with Crippen LogP contribution >= 0.6 is 12.6 Å². The zero-order valence-electron chi connectivity index (χ0n) is 15.8. The van der Waals surface area contributed by atoms with Gasteiger partial charge in [0.05, 0.1) is 17.3 Å². The SMILES string of the molecule is CC(C)(C)OC(=O)n1c2c(c3cc(S)ccc31)CCNC2c1ccccc1. The molecule has 0 saturated heterocycles. The molecule has 4 nitrogen and oxygen atoms in total. The normalized spacial score (nSPS) is 17.0. The Hall–Kier alpha value is -2.24. The zero-order chi connectivity index (χ0) is 19.2. The van der Waals surface area contributed by atoms with Crippen molar-refractivity contribution < 1.29 is 9.53 Å². The molecule has 0 amide bonds. The molecule has 1 aliphatic rings. The highest BCUT2D eigenvalue weighted by Crippen LogP contribution is 2.37. The van der Waals surface area contributed by atoms with Gasteiger partial charge in [-0.1, -0.05) is 30.3 Å². The maximum Gasteiger partial charge on any atom is 0.419 e. The quantitative estimate of drug-likeness (QED) is 0.587. The second kappa shape index (κ2) is 6.73. The number of aromatic nitrogens is 1. The van der Waals surface area contributed by atoms with Gasteiger partial charge in [0, 0.05) is 16.8 Å². The van der Waals surface area contributed by atoms with E-state index < -0.39 is 5.60 Å². The Labute approximate surface area is 164 Å². The van der Waals surface area contributed by atoms with Crippen LogP contribution in [0.25, 0.3) is 10.9 Å². The number of carbonyl (C=O) groups excluding carboxylic acids is 1. The van der Waals surface area contributed by atoms with Gasteiger partial charge >= 0.3 is 6.09 Å². The molecule has 27 heavy (non-hydrogen) atoms. The molecule has 0 radical (unpaired) electrons. The number of nitrogens with zero attached hydrogens (tertiary/aromatic N) is 1. The zero-order valence-corrected chi connectivity index (χ0v) is 16.7. The lowest BCUT2D eigenvalue weighted by molar-refractivity contribution is 0.0537. The van der Waals surface area contributed by atoms with Crippen molar-refractivity contribution in [3.05, 3.63) is 65.4 Å². The topological polar surface area (TPSA) is 43.3 Å². The van der Waals surface area contributed by atoms with Crippen molar-refractivity contribution in [1.82, 2.24) is 9.88 Å². The molecule has 0 spiro atoms. The Morgan fingerprint density at radius 1 is 1.19 bits per heavy atom. The van der Waals surface area contributed by atoms with Gasteiger partial charge in [-0.3, -0.25) is 0 Å². The average Bonchev–Trinajstić information content (AvgIpc) is 2.95. The summed E-state index contributed by atoms with van der Waals surface area (Å²) in [4.78, 5) is 14.1. The van der Waals surface area contributed by atoms with Crippen LogP contribution in [0.15, 0.2) is 53.4 Å². The van der Waals surface area contributed by atoms with Crippen molar-refractivity contribution in [3.63, 3.8) is 0 Å². The Kier molecular flexibility index (Phi) is 4.52. The van der Waals surface area contributed by atoms with Crippen LogP contribution in [0.2, 0.25) is 0 Å². The van der Waals surface area contributed by atoms with Crippen molar-refractivity contribution in [3.8, 4) is 0 Å². The number of fused-ring (bicyclic) bond motifs is 3. The smallest absolute Gasteiger partial charge is 0.419 e. The first kappa shape index (κ1) is 18.1. The average molecular weight is 381 g/mol. The molecule has 1 aromatic heterocycles. The minimum absolute atomic E-state index is 0.0572. The summed E-state index contributed by atoms with van der Waals surface area (Å²) in [7, 11) is 0. The van der Waals surface area contributed by atoms with Gasteiger partial charge in [-0.25, -0.2) is 9.36 Å². The van der Waals surface area contributed by atoms with Crippen LogP contribution in [0, 0.1) is 0 Å². The third kappa shape index (κ3) is 3.37. The van der Waals surface area contributed by atoms with Gasteiger partial charge in [-0.2, -0.15) is 0 Å². The van der Waals surface area contributed by atoms with Crippen LogP contribution in [0.3, 0.4) is 0 Å². The second-order valence-corrected chi connectivity index (χ2v) is 8.45. The first-order valence-corrected chi connectivity index (χ1v) is 9.68. The Morgan fingerprint density at radius 2 is 1.93 bits per heavy atom. The second-order valence-electron chi connectivity index (χ2n) is 7.93. The fraction of sp³-hybridized carbons (Fsp3) is 0.318. The molecular formula is C22H24N2O2S. The maximum absolute atomic E-state index is 13.2. The molecule has 1 N–H and O–H groups in total. The van der Waals surface area contributed by atoms with Gasteiger partial charge in [0.1, 0.15) is 5.60 Å². The van der Waals surface area contributed by atoms with Crippen LogP contribution in [0.5, 0.6) is 0 Å². The molecule has 2 aromatic carbocycles. The van der Waals surface area contributed by atoms with Crippen LogP contribution in [0.1, 0.15) is 43.6 Å². The number of ether oxygens (including phenoxy) is 1. The third-order valence-corrected chi connectivity index (χ3v) is 5.08. The lowest BCUT2D eigenvalue weighted by atomic mass is 9.94. The summed E-state index contributed by atoms with van der Waals surface area (Å²) in [5, 5.41) is 4.65. The minimum Gasteiger partial charge on any atom is -0.443 e. The highest BCUT2D eigenvalue weighted by Gasteiger charge is 2.32. The standard InChI is InChI=1S/C22H24N2O2S/c1-22(2,3)26-21(25)24-18-10-9-15(27)13-17(18)16-11-12-23-19(20(16)24)14-7-5-4-6-8-14/h4-10,13,19,23,27H,11-12H2,1-3H3.